The van der Waals surface area contributed by atoms with Crippen molar-refractivity contribution in [2.45, 2.75) is 19.6 Å². The first-order valence-electron chi connectivity index (χ1n) is 9.39. The average molecular weight is 441 g/mol. The van der Waals surface area contributed by atoms with E-state index in [1.165, 1.54) is 10.4 Å². The molecule has 0 saturated heterocycles. The Hall–Kier alpha value is -2.26. The predicted molar refractivity (Wildman–Crippen MR) is 121 cm³/mol. The zero-order chi connectivity index (χ0) is 19.8. The van der Waals surface area contributed by atoms with Crippen LogP contribution in [0.4, 0.5) is 0 Å². The van der Waals surface area contributed by atoms with Crippen molar-refractivity contribution < 1.29 is 4.74 Å². The van der Waals surface area contributed by atoms with Crippen molar-refractivity contribution in [3.8, 4) is 22.1 Å². The summed E-state index contributed by atoms with van der Waals surface area (Å²) in [5, 5.41) is 9.18. The molecule has 3 aromatic heterocycles. The van der Waals surface area contributed by atoms with Gasteiger partial charge in [0.15, 0.2) is 5.82 Å². The summed E-state index contributed by atoms with van der Waals surface area (Å²) in [5.74, 6) is 1.63. The predicted octanol–water partition coefficient (Wildman–Crippen LogP) is 5.22. The van der Waals surface area contributed by atoms with Gasteiger partial charge in [-0.05, 0) is 59.2 Å². The van der Waals surface area contributed by atoms with Crippen LogP contribution in [-0.4, -0.2) is 32.9 Å². The van der Waals surface area contributed by atoms with Crippen LogP contribution in [0.3, 0.4) is 0 Å². The Kier molecular flexibility index (Phi) is 5.09. The third-order valence-corrected chi connectivity index (χ3v) is 7.41. The number of hydrogen-bond donors (Lipinski definition) is 0. The van der Waals surface area contributed by atoms with Gasteiger partial charge in [0.2, 0.25) is 4.77 Å². The second kappa shape index (κ2) is 7.87. The van der Waals surface area contributed by atoms with E-state index in [1.807, 2.05) is 50.9 Å². The summed E-state index contributed by atoms with van der Waals surface area (Å²) in [6, 6.07) is 14.3. The summed E-state index contributed by atoms with van der Waals surface area (Å²) in [6.07, 6.45) is 1.09. The maximum atomic E-state index is 5.89. The fraction of sp³-hybridized carbons (Fsp3) is 0.238. The molecule has 4 aromatic rings. The second-order valence-electron chi connectivity index (χ2n) is 6.90. The number of fused-ring (bicyclic) bond motifs is 1. The van der Waals surface area contributed by atoms with E-state index in [-0.39, 0.29) is 0 Å². The molecule has 0 radical (unpaired) electrons. The average Bonchev–Trinajstić information content (AvgIpc) is 3.49. The molecular weight excluding hydrogens is 420 g/mol. The lowest BCUT2D eigenvalue weighted by Gasteiger charge is -2.26. The third kappa shape index (κ3) is 3.46. The van der Waals surface area contributed by atoms with Crippen LogP contribution >= 0.6 is 34.9 Å². The zero-order valence-corrected chi connectivity index (χ0v) is 18.4. The first kappa shape index (κ1) is 18.7. The highest BCUT2D eigenvalue weighted by Crippen LogP contribution is 2.31. The molecule has 5 nitrogen and oxygen atoms in total. The first-order valence-corrected chi connectivity index (χ1v) is 11.6. The van der Waals surface area contributed by atoms with Crippen LogP contribution in [0.2, 0.25) is 0 Å². The van der Waals surface area contributed by atoms with Crippen LogP contribution in [-0.2, 0) is 19.6 Å². The number of methoxy groups -OCH3 is 1. The van der Waals surface area contributed by atoms with Gasteiger partial charge in [-0.3, -0.25) is 9.47 Å². The van der Waals surface area contributed by atoms with E-state index >= 15 is 0 Å². The van der Waals surface area contributed by atoms with E-state index in [0.717, 1.165) is 41.6 Å². The van der Waals surface area contributed by atoms with Crippen LogP contribution in [0.5, 0.6) is 5.75 Å². The van der Waals surface area contributed by atoms with Crippen molar-refractivity contribution in [1.29, 1.82) is 0 Å². The van der Waals surface area contributed by atoms with Gasteiger partial charge in [0, 0.05) is 18.0 Å². The summed E-state index contributed by atoms with van der Waals surface area (Å²) < 4.78 is 10.2. The summed E-state index contributed by atoms with van der Waals surface area (Å²) in [6.45, 7) is 2.64. The largest absolute Gasteiger partial charge is 0.495 e. The lowest BCUT2D eigenvalue weighted by atomic mass is 10.1. The highest BCUT2D eigenvalue weighted by atomic mass is 32.1. The molecule has 8 heteroatoms. The Morgan fingerprint density at radius 3 is 2.83 bits per heavy atom. The van der Waals surface area contributed by atoms with Crippen LogP contribution in [0.25, 0.3) is 16.4 Å². The number of thiophene rings is 2. The van der Waals surface area contributed by atoms with E-state index in [4.69, 9.17) is 22.1 Å². The molecule has 0 saturated carbocycles. The molecule has 0 unspecified atom stereocenters. The quantitative estimate of drug-likeness (QED) is 0.399. The summed E-state index contributed by atoms with van der Waals surface area (Å²) in [4.78, 5) is 4.99. The summed E-state index contributed by atoms with van der Waals surface area (Å²) in [5.41, 5.74) is 2.34. The van der Waals surface area contributed by atoms with Crippen molar-refractivity contribution >= 4 is 34.9 Å². The molecule has 148 valence electrons. The Balaban J connectivity index is 1.57. The van der Waals surface area contributed by atoms with Crippen LogP contribution in [0.1, 0.15) is 10.4 Å². The molecule has 1 aliphatic rings. The number of nitrogens with zero attached hydrogens (tertiary/aromatic N) is 4. The monoisotopic (exact) mass is 440 g/mol. The fourth-order valence-corrected chi connectivity index (χ4v) is 5.59. The lowest BCUT2D eigenvalue weighted by molar-refractivity contribution is 0.189. The maximum Gasteiger partial charge on any atom is 0.204 e. The van der Waals surface area contributed by atoms with Crippen LogP contribution in [0, 0.1) is 4.77 Å². The van der Waals surface area contributed by atoms with E-state index in [1.54, 1.807) is 18.4 Å². The Morgan fingerprint density at radius 2 is 2.00 bits per heavy atom. The molecule has 0 N–H and O–H groups in total. The SMILES string of the molecule is COc1ccccc1-n1c(-c2cccs2)nn(CN2CCc3sccc3C2)c1=S. The van der Waals surface area contributed by atoms with Gasteiger partial charge < -0.3 is 4.74 Å². The first-order chi connectivity index (χ1) is 14.2. The van der Waals surface area contributed by atoms with Gasteiger partial charge in [-0.15, -0.1) is 27.8 Å². The molecule has 0 fully saturated rings. The van der Waals surface area contributed by atoms with Crippen molar-refractivity contribution in [3.05, 3.63) is 68.4 Å². The Morgan fingerprint density at radius 1 is 1.10 bits per heavy atom. The normalized spacial score (nSPS) is 14.1. The molecule has 0 amide bonds. The molecular formula is C21H20N4OS3. The standard InChI is InChI=1S/C21H20N4OS3/c1-26-17-6-3-2-5-16(17)25-20(19-7-4-11-28-19)22-24(21(25)27)14-23-10-8-18-15(13-23)9-12-29-18/h2-7,9,11-12H,8,10,13-14H2,1H3. The van der Waals surface area contributed by atoms with Gasteiger partial charge >= 0.3 is 0 Å². The highest BCUT2D eigenvalue weighted by Gasteiger charge is 2.21. The molecule has 1 aliphatic heterocycles. The van der Waals surface area contributed by atoms with Gasteiger partial charge in [-0.2, -0.15) is 0 Å². The number of aromatic nitrogens is 3. The maximum absolute atomic E-state index is 5.89. The van der Waals surface area contributed by atoms with E-state index < -0.39 is 0 Å². The minimum atomic E-state index is 0.675. The topological polar surface area (TPSA) is 35.2 Å². The second-order valence-corrected chi connectivity index (χ2v) is 9.22. The van der Waals surface area contributed by atoms with Crippen molar-refractivity contribution in [1.82, 2.24) is 19.2 Å². The molecule has 29 heavy (non-hydrogen) atoms. The minimum absolute atomic E-state index is 0.675. The van der Waals surface area contributed by atoms with Gasteiger partial charge in [-0.1, -0.05) is 18.2 Å². The zero-order valence-electron chi connectivity index (χ0n) is 15.9. The summed E-state index contributed by atoms with van der Waals surface area (Å²) in [7, 11) is 1.68. The summed E-state index contributed by atoms with van der Waals surface area (Å²) >= 11 is 9.41. The molecule has 0 aliphatic carbocycles. The van der Waals surface area contributed by atoms with E-state index in [2.05, 4.69) is 27.8 Å². The van der Waals surface area contributed by atoms with Crippen molar-refractivity contribution in [2.75, 3.05) is 13.7 Å². The number of hydrogen-bond acceptors (Lipinski definition) is 6. The van der Waals surface area contributed by atoms with Crippen LogP contribution in [0.15, 0.2) is 53.2 Å². The van der Waals surface area contributed by atoms with Gasteiger partial charge in [0.25, 0.3) is 0 Å². The molecule has 0 spiro atoms. The Bertz CT molecular complexity index is 1190. The third-order valence-electron chi connectivity index (χ3n) is 5.13. The van der Waals surface area contributed by atoms with Crippen molar-refractivity contribution in [2.24, 2.45) is 0 Å². The van der Waals surface area contributed by atoms with Gasteiger partial charge in [0.05, 0.1) is 24.3 Å². The van der Waals surface area contributed by atoms with Gasteiger partial charge in [0.1, 0.15) is 5.75 Å². The molecule has 1 aromatic carbocycles. The van der Waals surface area contributed by atoms with E-state index in [0.29, 0.717) is 11.4 Å². The fourth-order valence-electron chi connectivity index (χ4n) is 3.71. The van der Waals surface area contributed by atoms with Crippen molar-refractivity contribution in [3.63, 3.8) is 0 Å². The highest BCUT2D eigenvalue weighted by molar-refractivity contribution is 7.71. The number of ether oxygens (including phenoxy) is 1. The minimum Gasteiger partial charge on any atom is -0.495 e. The molecule has 0 atom stereocenters. The molecule has 0 bridgehead atoms. The van der Waals surface area contributed by atoms with E-state index in [9.17, 15) is 0 Å². The smallest absolute Gasteiger partial charge is 0.204 e. The lowest BCUT2D eigenvalue weighted by Crippen LogP contribution is -2.32. The van der Waals surface area contributed by atoms with Crippen LogP contribution < -0.4 is 4.74 Å². The molecule has 5 rings (SSSR count). The Labute approximate surface area is 182 Å². The van der Waals surface area contributed by atoms with Gasteiger partial charge in [-0.25, -0.2) is 4.68 Å². The number of benzene rings is 1. The number of rotatable bonds is 5. The number of para-hydroxylation sites is 2. The molecule has 4 heterocycles.